The normalized spacial score (nSPS) is 19.1. The molecule has 1 saturated heterocycles. The van der Waals surface area contributed by atoms with Crippen LogP contribution in [0.25, 0.3) is 0 Å². The molecule has 1 heterocycles. The summed E-state index contributed by atoms with van der Waals surface area (Å²) in [4.78, 5) is 41.9. The van der Waals surface area contributed by atoms with E-state index in [1.54, 1.807) is 4.90 Å². The third-order valence-corrected chi connectivity index (χ3v) is 5.70. The lowest BCUT2D eigenvalue weighted by molar-refractivity contribution is -0.138. The van der Waals surface area contributed by atoms with Crippen LogP contribution in [-0.4, -0.2) is 34.7 Å². The number of nitrogens with zero attached hydrogens (tertiary/aromatic N) is 2. The molecular formula is C24H26N2O3. The van der Waals surface area contributed by atoms with Gasteiger partial charge in [-0.25, -0.2) is 4.90 Å². The molecule has 0 radical (unpaired) electrons. The van der Waals surface area contributed by atoms with E-state index >= 15 is 0 Å². The third kappa shape index (κ3) is 3.95. The van der Waals surface area contributed by atoms with E-state index in [9.17, 15) is 14.4 Å². The van der Waals surface area contributed by atoms with Crippen LogP contribution in [0.5, 0.6) is 0 Å². The maximum absolute atomic E-state index is 13.2. The largest absolute Gasteiger partial charge is 0.327 e. The molecule has 1 aliphatic heterocycles. The van der Waals surface area contributed by atoms with Crippen LogP contribution in [-0.2, 0) is 20.8 Å². The van der Waals surface area contributed by atoms with E-state index in [0.717, 1.165) is 24.0 Å². The fourth-order valence-corrected chi connectivity index (χ4v) is 3.96. The van der Waals surface area contributed by atoms with Gasteiger partial charge in [-0.05, 0) is 42.0 Å². The lowest BCUT2D eigenvalue weighted by Gasteiger charge is -2.28. The Morgan fingerprint density at radius 3 is 2.28 bits per heavy atom. The number of hydrogen-bond donors (Lipinski definition) is 0. The highest BCUT2D eigenvalue weighted by atomic mass is 16.2. The van der Waals surface area contributed by atoms with Gasteiger partial charge in [0, 0.05) is 6.04 Å². The summed E-state index contributed by atoms with van der Waals surface area (Å²) < 4.78 is 0. The Morgan fingerprint density at radius 1 is 1.03 bits per heavy atom. The summed E-state index contributed by atoms with van der Waals surface area (Å²) in [7, 11) is 0. The van der Waals surface area contributed by atoms with E-state index in [0.29, 0.717) is 11.6 Å². The van der Waals surface area contributed by atoms with Gasteiger partial charge in [0.15, 0.2) is 0 Å². The minimum absolute atomic E-state index is 0.0573. The molecule has 0 spiro atoms. The highest BCUT2D eigenvalue weighted by Crippen LogP contribution is 2.34. The lowest BCUT2D eigenvalue weighted by atomic mass is 10.0. The standard InChI is InChI=1S/C24H26N2O3/c1-16(2)18-8-10-20(11-9-18)26-23(28)15-21(24(26)29)25(19-12-13-19)22(27)14-17-6-4-3-5-7-17/h3-11,16,19,21H,12-15H2,1-2H3. The predicted molar refractivity (Wildman–Crippen MR) is 111 cm³/mol. The maximum Gasteiger partial charge on any atom is 0.257 e. The lowest BCUT2D eigenvalue weighted by Crippen LogP contribution is -2.47. The average Bonchev–Trinajstić information content (AvgIpc) is 3.49. The second kappa shape index (κ2) is 7.82. The van der Waals surface area contributed by atoms with Crippen molar-refractivity contribution < 1.29 is 14.4 Å². The Bertz CT molecular complexity index is 917. The van der Waals surface area contributed by atoms with Gasteiger partial charge in [0.25, 0.3) is 5.91 Å². The van der Waals surface area contributed by atoms with Crippen LogP contribution in [0.1, 0.15) is 50.2 Å². The molecule has 1 aliphatic carbocycles. The molecule has 1 atom stereocenters. The predicted octanol–water partition coefficient (Wildman–Crippen LogP) is 3.68. The van der Waals surface area contributed by atoms with Crippen LogP contribution in [0.15, 0.2) is 54.6 Å². The van der Waals surface area contributed by atoms with Gasteiger partial charge in [-0.1, -0.05) is 56.3 Å². The highest BCUT2D eigenvalue weighted by molar-refractivity contribution is 6.23. The summed E-state index contributed by atoms with van der Waals surface area (Å²) in [6.07, 6.45) is 2.09. The number of carbonyl (C=O) groups excluding carboxylic acids is 3. The average molecular weight is 390 g/mol. The Morgan fingerprint density at radius 2 is 1.69 bits per heavy atom. The molecule has 2 aromatic carbocycles. The van der Waals surface area contributed by atoms with Crippen molar-refractivity contribution in [2.75, 3.05) is 4.90 Å². The van der Waals surface area contributed by atoms with Crippen molar-refractivity contribution in [2.24, 2.45) is 0 Å². The molecule has 2 aromatic rings. The molecule has 5 heteroatoms. The van der Waals surface area contributed by atoms with Crippen LogP contribution in [0.2, 0.25) is 0 Å². The van der Waals surface area contributed by atoms with Gasteiger partial charge in [0.2, 0.25) is 11.8 Å². The molecule has 5 nitrogen and oxygen atoms in total. The molecule has 29 heavy (non-hydrogen) atoms. The molecule has 150 valence electrons. The van der Waals surface area contributed by atoms with E-state index in [1.807, 2.05) is 54.6 Å². The van der Waals surface area contributed by atoms with E-state index in [2.05, 4.69) is 13.8 Å². The third-order valence-electron chi connectivity index (χ3n) is 5.70. The monoisotopic (exact) mass is 390 g/mol. The first-order chi connectivity index (χ1) is 14.0. The van der Waals surface area contributed by atoms with Crippen LogP contribution in [0.4, 0.5) is 5.69 Å². The second-order valence-electron chi connectivity index (χ2n) is 8.23. The Balaban J connectivity index is 1.55. The number of carbonyl (C=O) groups is 3. The molecular weight excluding hydrogens is 364 g/mol. The van der Waals surface area contributed by atoms with E-state index in [1.165, 1.54) is 4.90 Å². The Kier molecular flexibility index (Phi) is 5.22. The topological polar surface area (TPSA) is 57.7 Å². The van der Waals surface area contributed by atoms with E-state index in [-0.39, 0.29) is 36.6 Å². The number of rotatable bonds is 6. The number of imide groups is 1. The first-order valence-corrected chi connectivity index (χ1v) is 10.3. The zero-order valence-corrected chi connectivity index (χ0v) is 16.9. The van der Waals surface area contributed by atoms with Crippen molar-refractivity contribution in [3.8, 4) is 0 Å². The molecule has 1 saturated carbocycles. The van der Waals surface area contributed by atoms with Crippen LogP contribution < -0.4 is 4.90 Å². The van der Waals surface area contributed by atoms with Gasteiger partial charge < -0.3 is 4.90 Å². The summed E-state index contributed by atoms with van der Waals surface area (Å²) in [5, 5.41) is 0. The molecule has 0 N–H and O–H groups in total. The zero-order chi connectivity index (χ0) is 20.5. The van der Waals surface area contributed by atoms with Gasteiger partial charge >= 0.3 is 0 Å². The van der Waals surface area contributed by atoms with Crippen molar-refractivity contribution in [1.29, 1.82) is 0 Å². The van der Waals surface area contributed by atoms with Crippen LogP contribution in [0.3, 0.4) is 0 Å². The number of amides is 3. The van der Waals surface area contributed by atoms with Gasteiger partial charge in [-0.15, -0.1) is 0 Å². The van der Waals surface area contributed by atoms with Crippen molar-refractivity contribution in [1.82, 2.24) is 4.90 Å². The van der Waals surface area contributed by atoms with Crippen molar-refractivity contribution in [3.63, 3.8) is 0 Å². The zero-order valence-electron chi connectivity index (χ0n) is 16.9. The molecule has 2 aliphatic rings. The Hall–Kier alpha value is -2.95. The van der Waals surface area contributed by atoms with Gasteiger partial charge in [0.05, 0.1) is 18.5 Å². The summed E-state index contributed by atoms with van der Waals surface area (Å²) in [6.45, 7) is 4.20. The highest BCUT2D eigenvalue weighted by Gasteiger charge is 2.48. The molecule has 1 unspecified atom stereocenters. The minimum atomic E-state index is -0.698. The van der Waals surface area contributed by atoms with Gasteiger partial charge in [-0.2, -0.15) is 0 Å². The first-order valence-electron chi connectivity index (χ1n) is 10.3. The van der Waals surface area contributed by atoms with Crippen molar-refractivity contribution in [2.45, 2.75) is 57.5 Å². The van der Waals surface area contributed by atoms with Gasteiger partial charge in [-0.3, -0.25) is 14.4 Å². The summed E-state index contributed by atoms with van der Waals surface area (Å²) in [5.41, 5.74) is 2.65. The number of hydrogen-bond acceptors (Lipinski definition) is 3. The number of anilines is 1. The van der Waals surface area contributed by atoms with Crippen molar-refractivity contribution >= 4 is 23.4 Å². The first kappa shape index (κ1) is 19.4. The maximum atomic E-state index is 13.2. The molecule has 4 rings (SSSR count). The fraction of sp³-hybridized carbons (Fsp3) is 0.375. The Labute approximate surface area is 171 Å². The smallest absolute Gasteiger partial charge is 0.257 e. The van der Waals surface area contributed by atoms with E-state index in [4.69, 9.17) is 0 Å². The molecule has 3 amide bonds. The summed E-state index contributed by atoms with van der Waals surface area (Å²) in [6, 6.07) is 16.4. The van der Waals surface area contributed by atoms with E-state index < -0.39 is 6.04 Å². The molecule has 0 aromatic heterocycles. The van der Waals surface area contributed by atoms with Gasteiger partial charge in [0.1, 0.15) is 6.04 Å². The summed E-state index contributed by atoms with van der Waals surface area (Å²) >= 11 is 0. The number of benzene rings is 2. The SMILES string of the molecule is CC(C)c1ccc(N2C(=O)CC(N(C(=O)Cc3ccccc3)C3CC3)C2=O)cc1. The fourth-order valence-electron chi connectivity index (χ4n) is 3.96. The second-order valence-corrected chi connectivity index (χ2v) is 8.23. The minimum Gasteiger partial charge on any atom is -0.327 e. The molecule has 2 fully saturated rings. The quantitative estimate of drug-likeness (QED) is 0.707. The summed E-state index contributed by atoms with van der Waals surface area (Å²) in [5.74, 6) is -0.235. The van der Waals surface area contributed by atoms with Crippen LogP contribution in [0, 0.1) is 0 Å². The van der Waals surface area contributed by atoms with Crippen LogP contribution >= 0.6 is 0 Å². The van der Waals surface area contributed by atoms with Crippen molar-refractivity contribution in [3.05, 3.63) is 65.7 Å². The molecule has 0 bridgehead atoms.